The molecule has 2 unspecified atom stereocenters. The molecule has 0 aliphatic rings. The lowest BCUT2D eigenvalue weighted by atomic mass is 9.96. The summed E-state index contributed by atoms with van der Waals surface area (Å²) >= 11 is 0. The maximum Gasteiger partial charge on any atom is 0.254 e. The Bertz CT molecular complexity index is 842. The van der Waals surface area contributed by atoms with Gasteiger partial charge in [-0.3, -0.25) is 9.59 Å². The molecule has 150 valence electrons. The molecule has 2 rings (SSSR count). The number of alkyl halides is 2. The van der Waals surface area contributed by atoms with Gasteiger partial charge in [-0.25, -0.2) is 8.78 Å². The zero-order valence-electron chi connectivity index (χ0n) is 16.1. The first-order chi connectivity index (χ1) is 13.4. The minimum absolute atomic E-state index is 0.111. The molecule has 0 aromatic heterocycles. The van der Waals surface area contributed by atoms with Gasteiger partial charge in [0.15, 0.2) is 12.6 Å². The molecule has 0 saturated heterocycles. The van der Waals surface area contributed by atoms with E-state index in [1.165, 1.54) is 19.2 Å². The number of amides is 2. The van der Waals surface area contributed by atoms with Crippen molar-refractivity contribution >= 4 is 11.8 Å². The molecule has 0 saturated carbocycles. The Hall–Kier alpha value is -2.96. The van der Waals surface area contributed by atoms with E-state index in [9.17, 15) is 18.4 Å². The molecule has 0 heterocycles. The van der Waals surface area contributed by atoms with Gasteiger partial charge in [-0.1, -0.05) is 32.0 Å². The summed E-state index contributed by atoms with van der Waals surface area (Å²) in [5.41, 5.74) is 1.40. The average Bonchev–Trinajstić information content (AvgIpc) is 2.72. The van der Waals surface area contributed by atoms with Crippen LogP contribution in [0.2, 0.25) is 0 Å². The van der Waals surface area contributed by atoms with E-state index in [1.807, 2.05) is 0 Å². The summed E-state index contributed by atoms with van der Waals surface area (Å²) in [6.45, 7) is 3.20. The number of ether oxygens (including phenoxy) is 1. The molecule has 7 heteroatoms. The Morgan fingerprint density at radius 3 is 2.21 bits per heavy atom. The van der Waals surface area contributed by atoms with E-state index in [4.69, 9.17) is 4.74 Å². The van der Waals surface area contributed by atoms with Crippen LogP contribution in [-0.2, 0) is 0 Å². The minimum atomic E-state index is -1.52. The number of halogens is 2. The maximum absolute atomic E-state index is 13.7. The number of benzene rings is 2. The van der Waals surface area contributed by atoms with Gasteiger partial charge in [0.2, 0.25) is 0 Å². The number of carbonyl (C=O) groups is 2. The highest BCUT2D eigenvalue weighted by Gasteiger charge is 2.19. The van der Waals surface area contributed by atoms with Crippen molar-refractivity contribution < 1.29 is 23.1 Å². The first kappa shape index (κ1) is 21.3. The summed E-state index contributed by atoms with van der Waals surface area (Å²) in [5.74, 6) is -0.715. The van der Waals surface area contributed by atoms with Crippen molar-refractivity contribution in [1.29, 1.82) is 0 Å². The Kier molecular flexibility index (Phi) is 7.49. The first-order valence-corrected chi connectivity index (χ1v) is 9.07. The lowest BCUT2D eigenvalue weighted by molar-refractivity contribution is 0.0890. The zero-order valence-corrected chi connectivity index (χ0v) is 16.1. The summed E-state index contributed by atoms with van der Waals surface area (Å²) in [7, 11) is 1.52. The molecule has 2 amide bonds. The number of nitrogens with one attached hydrogen (secondary N) is 2. The normalized spacial score (nSPS) is 12.8. The fraction of sp³-hybridized carbons (Fsp3) is 0.333. The fourth-order valence-corrected chi connectivity index (χ4v) is 2.57. The zero-order chi connectivity index (χ0) is 20.7. The van der Waals surface area contributed by atoms with Crippen LogP contribution in [0, 0.1) is 0 Å². The molecule has 2 atom stereocenters. The van der Waals surface area contributed by atoms with Crippen molar-refractivity contribution in [2.75, 3.05) is 7.11 Å². The highest BCUT2D eigenvalue weighted by molar-refractivity contribution is 6.04. The molecule has 0 aliphatic carbocycles. The molecule has 5 nitrogen and oxygen atoms in total. The SMILES string of the molecule is CCC(F)NC(=O)c1ccc(-c2cccc(OC)c2)c(C(=O)NC(F)CC)c1. The van der Waals surface area contributed by atoms with Crippen molar-refractivity contribution in [3.05, 3.63) is 53.6 Å². The number of hydrogen-bond acceptors (Lipinski definition) is 3. The van der Waals surface area contributed by atoms with E-state index in [0.717, 1.165) is 0 Å². The molecule has 28 heavy (non-hydrogen) atoms. The topological polar surface area (TPSA) is 67.4 Å². The number of rotatable bonds is 8. The molecular weight excluding hydrogens is 366 g/mol. The summed E-state index contributed by atoms with van der Waals surface area (Å²) in [6.07, 6.45) is -2.77. The molecule has 0 aliphatic heterocycles. The van der Waals surface area contributed by atoms with Gasteiger partial charge in [0, 0.05) is 11.1 Å². The Labute approximate surface area is 163 Å². The highest BCUT2D eigenvalue weighted by Crippen LogP contribution is 2.28. The highest BCUT2D eigenvalue weighted by atomic mass is 19.1. The Balaban J connectivity index is 2.48. The summed E-state index contributed by atoms with van der Waals surface area (Å²) in [6, 6.07) is 11.4. The van der Waals surface area contributed by atoms with Crippen LogP contribution in [0.1, 0.15) is 47.4 Å². The maximum atomic E-state index is 13.7. The van der Waals surface area contributed by atoms with Gasteiger partial charge in [0.1, 0.15) is 5.75 Å². The van der Waals surface area contributed by atoms with E-state index in [1.54, 1.807) is 44.2 Å². The van der Waals surface area contributed by atoms with Crippen LogP contribution in [-0.4, -0.2) is 31.5 Å². The van der Waals surface area contributed by atoms with E-state index in [2.05, 4.69) is 10.6 Å². The van der Waals surface area contributed by atoms with Gasteiger partial charge >= 0.3 is 0 Å². The number of hydrogen-bond donors (Lipinski definition) is 2. The second-order valence-corrected chi connectivity index (χ2v) is 6.19. The van der Waals surface area contributed by atoms with Gasteiger partial charge < -0.3 is 15.4 Å². The molecule has 0 fully saturated rings. The predicted molar refractivity (Wildman–Crippen MR) is 104 cm³/mol. The number of methoxy groups -OCH3 is 1. The quantitative estimate of drug-likeness (QED) is 0.663. The number of carbonyl (C=O) groups excluding carboxylic acids is 2. The van der Waals surface area contributed by atoms with Gasteiger partial charge in [0.05, 0.1) is 7.11 Å². The second-order valence-electron chi connectivity index (χ2n) is 6.19. The van der Waals surface area contributed by atoms with E-state index < -0.39 is 24.4 Å². The van der Waals surface area contributed by atoms with Crippen LogP contribution in [0.3, 0.4) is 0 Å². The summed E-state index contributed by atoms with van der Waals surface area (Å²) < 4.78 is 32.4. The van der Waals surface area contributed by atoms with Crippen molar-refractivity contribution in [2.24, 2.45) is 0 Å². The van der Waals surface area contributed by atoms with Crippen molar-refractivity contribution in [1.82, 2.24) is 10.6 Å². The van der Waals surface area contributed by atoms with E-state index in [0.29, 0.717) is 16.9 Å². The minimum Gasteiger partial charge on any atom is -0.497 e. The Morgan fingerprint density at radius 2 is 1.61 bits per heavy atom. The molecule has 2 aromatic rings. The van der Waals surface area contributed by atoms with E-state index >= 15 is 0 Å². The second kappa shape index (κ2) is 9.82. The van der Waals surface area contributed by atoms with Gasteiger partial charge in [-0.05, 0) is 48.2 Å². The monoisotopic (exact) mass is 390 g/mol. The van der Waals surface area contributed by atoms with Gasteiger partial charge in [-0.2, -0.15) is 0 Å². The van der Waals surface area contributed by atoms with Gasteiger partial charge in [-0.15, -0.1) is 0 Å². The van der Waals surface area contributed by atoms with E-state index in [-0.39, 0.29) is 24.0 Å². The van der Waals surface area contributed by atoms with Crippen molar-refractivity contribution in [2.45, 2.75) is 39.3 Å². The van der Waals surface area contributed by atoms with Crippen LogP contribution < -0.4 is 15.4 Å². The summed E-state index contributed by atoms with van der Waals surface area (Å²) in [4.78, 5) is 24.9. The first-order valence-electron chi connectivity index (χ1n) is 9.07. The smallest absolute Gasteiger partial charge is 0.254 e. The van der Waals surface area contributed by atoms with Crippen LogP contribution in [0.5, 0.6) is 5.75 Å². The molecule has 0 radical (unpaired) electrons. The molecule has 2 aromatic carbocycles. The van der Waals surface area contributed by atoms with Crippen LogP contribution in [0.15, 0.2) is 42.5 Å². The van der Waals surface area contributed by atoms with Crippen molar-refractivity contribution in [3.63, 3.8) is 0 Å². The van der Waals surface area contributed by atoms with Gasteiger partial charge in [0.25, 0.3) is 11.8 Å². The molecule has 0 bridgehead atoms. The van der Waals surface area contributed by atoms with Crippen LogP contribution in [0.25, 0.3) is 11.1 Å². The molecular formula is C21H24F2N2O3. The third kappa shape index (κ3) is 5.28. The standard InChI is InChI=1S/C21H24F2N2O3/c1-4-18(22)24-20(26)14-9-10-16(13-7-6-8-15(11-13)28-3)17(12-14)21(27)25-19(23)5-2/h6-12,18-19H,4-5H2,1-3H3,(H,24,26)(H,25,27). The lowest BCUT2D eigenvalue weighted by Crippen LogP contribution is -2.33. The van der Waals surface area contributed by atoms with Crippen LogP contribution in [0.4, 0.5) is 8.78 Å². The Morgan fingerprint density at radius 1 is 0.964 bits per heavy atom. The van der Waals surface area contributed by atoms with Crippen molar-refractivity contribution in [3.8, 4) is 16.9 Å². The predicted octanol–water partition coefficient (Wildman–Crippen LogP) is 4.23. The lowest BCUT2D eigenvalue weighted by Gasteiger charge is -2.15. The molecule has 2 N–H and O–H groups in total. The summed E-state index contributed by atoms with van der Waals surface area (Å²) in [5, 5.41) is 4.47. The third-order valence-corrected chi connectivity index (χ3v) is 4.20. The largest absolute Gasteiger partial charge is 0.497 e. The third-order valence-electron chi connectivity index (χ3n) is 4.20. The average molecular weight is 390 g/mol. The fourth-order valence-electron chi connectivity index (χ4n) is 2.57. The molecule has 0 spiro atoms. The van der Waals surface area contributed by atoms with Crippen LogP contribution >= 0.6 is 0 Å².